The van der Waals surface area contributed by atoms with Gasteiger partial charge in [-0.05, 0) is 56.0 Å². The standard InChI is InChI=1S/C25H24ClN3O4S/c1-4-32-24(31)22-16(3)27-25-29(11-12-34-25)23(22)17-7-10-20(19(26)13-17)33-14-21(30)28-18-8-5-15(2)6-9-18/h5-13,23H,4,14H2,1-3H3,(H,28,30)/t23-/m1/s1. The molecule has 0 bridgehead atoms. The molecule has 2 aromatic rings. The van der Waals surface area contributed by atoms with Crippen LogP contribution in [0.4, 0.5) is 5.69 Å². The Bertz CT molecular complexity index is 1210. The van der Waals surface area contributed by atoms with E-state index in [0.717, 1.165) is 16.3 Å². The van der Waals surface area contributed by atoms with Crippen LogP contribution in [0, 0.1) is 6.92 Å². The first kappa shape index (κ1) is 23.9. The van der Waals surface area contributed by atoms with Crippen LogP contribution in [-0.4, -0.2) is 35.2 Å². The van der Waals surface area contributed by atoms with Crippen molar-refractivity contribution in [3.05, 3.63) is 81.5 Å². The molecule has 4 rings (SSSR count). The first-order valence-corrected chi connectivity index (χ1v) is 12.0. The second-order valence-electron chi connectivity index (χ2n) is 7.72. The third-order valence-electron chi connectivity index (χ3n) is 5.28. The van der Waals surface area contributed by atoms with Gasteiger partial charge in [0, 0.05) is 11.9 Å². The molecule has 1 N–H and O–H groups in total. The Morgan fingerprint density at radius 2 is 1.94 bits per heavy atom. The Kier molecular flexibility index (Phi) is 7.29. The highest BCUT2D eigenvalue weighted by atomic mass is 35.5. The lowest BCUT2D eigenvalue weighted by Crippen LogP contribution is -2.34. The number of ether oxygens (including phenoxy) is 2. The van der Waals surface area contributed by atoms with E-state index in [-0.39, 0.29) is 19.1 Å². The van der Waals surface area contributed by atoms with Crippen molar-refractivity contribution in [2.45, 2.75) is 26.8 Å². The Morgan fingerprint density at radius 3 is 2.65 bits per heavy atom. The zero-order valence-corrected chi connectivity index (χ0v) is 20.6. The molecule has 34 heavy (non-hydrogen) atoms. The smallest absolute Gasteiger partial charge is 0.338 e. The summed E-state index contributed by atoms with van der Waals surface area (Å²) in [5.41, 5.74) is 3.65. The third-order valence-corrected chi connectivity index (χ3v) is 6.35. The Balaban J connectivity index is 1.51. The predicted molar refractivity (Wildman–Crippen MR) is 135 cm³/mol. The molecule has 0 unspecified atom stereocenters. The molecule has 0 aromatic heterocycles. The summed E-state index contributed by atoms with van der Waals surface area (Å²) in [6.45, 7) is 5.62. The number of thioether (sulfide) groups is 1. The minimum Gasteiger partial charge on any atom is -0.482 e. The van der Waals surface area contributed by atoms with Gasteiger partial charge in [0.25, 0.3) is 5.91 Å². The van der Waals surface area contributed by atoms with Gasteiger partial charge in [0.1, 0.15) is 5.75 Å². The van der Waals surface area contributed by atoms with Gasteiger partial charge in [0.15, 0.2) is 11.8 Å². The van der Waals surface area contributed by atoms with Crippen molar-refractivity contribution < 1.29 is 19.1 Å². The molecule has 0 spiro atoms. The lowest BCUT2D eigenvalue weighted by molar-refractivity contribution is -0.139. The SMILES string of the molecule is CCOC(=O)C1=C(C)N=C2SC=CN2[C@@H]1c1ccc(OCC(=O)Nc2ccc(C)cc2)c(Cl)c1. The molecular formula is C25H24ClN3O4S. The van der Waals surface area contributed by atoms with Gasteiger partial charge >= 0.3 is 5.97 Å². The van der Waals surface area contributed by atoms with E-state index in [0.29, 0.717) is 27.7 Å². The molecule has 2 aliphatic rings. The van der Waals surface area contributed by atoms with Crippen LogP contribution in [0.3, 0.4) is 0 Å². The number of anilines is 1. The number of allylic oxidation sites excluding steroid dienone is 1. The molecule has 0 fully saturated rings. The number of fused-ring (bicyclic) bond motifs is 1. The molecule has 7 nitrogen and oxygen atoms in total. The fourth-order valence-electron chi connectivity index (χ4n) is 3.68. The Labute approximate surface area is 207 Å². The van der Waals surface area contributed by atoms with E-state index >= 15 is 0 Å². The molecule has 9 heteroatoms. The number of halogens is 1. The van der Waals surface area contributed by atoms with E-state index in [4.69, 9.17) is 21.1 Å². The van der Waals surface area contributed by atoms with Crippen LogP contribution in [0.2, 0.25) is 5.02 Å². The van der Waals surface area contributed by atoms with Crippen molar-refractivity contribution in [1.82, 2.24) is 4.90 Å². The van der Waals surface area contributed by atoms with Crippen molar-refractivity contribution in [1.29, 1.82) is 0 Å². The number of amides is 1. The number of benzene rings is 2. The molecule has 1 amide bonds. The van der Waals surface area contributed by atoms with Crippen molar-refractivity contribution >= 4 is 46.1 Å². The fraction of sp³-hybridized carbons (Fsp3) is 0.240. The van der Waals surface area contributed by atoms with Crippen LogP contribution in [0.1, 0.15) is 31.0 Å². The Hall–Kier alpha value is -3.23. The van der Waals surface area contributed by atoms with Gasteiger partial charge in [0.2, 0.25) is 0 Å². The number of hydrogen-bond acceptors (Lipinski definition) is 7. The topological polar surface area (TPSA) is 80.2 Å². The normalized spacial score (nSPS) is 16.8. The number of aliphatic imine (C=N–C) groups is 1. The van der Waals surface area contributed by atoms with E-state index in [1.54, 1.807) is 26.0 Å². The zero-order valence-electron chi connectivity index (χ0n) is 19.0. The maximum atomic E-state index is 12.8. The van der Waals surface area contributed by atoms with Gasteiger partial charge in [0.05, 0.1) is 28.9 Å². The quantitative estimate of drug-likeness (QED) is 0.513. The van der Waals surface area contributed by atoms with Crippen LogP contribution >= 0.6 is 23.4 Å². The van der Waals surface area contributed by atoms with E-state index in [1.165, 1.54) is 11.8 Å². The molecule has 2 aromatic carbocycles. The van der Waals surface area contributed by atoms with Crippen LogP contribution in [0.5, 0.6) is 5.75 Å². The summed E-state index contributed by atoms with van der Waals surface area (Å²) in [6, 6.07) is 12.3. The van der Waals surface area contributed by atoms with Crippen LogP contribution in [0.25, 0.3) is 0 Å². The molecular weight excluding hydrogens is 474 g/mol. The average molecular weight is 498 g/mol. The van der Waals surface area contributed by atoms with E-state index in [2.05, 4.69) is 10.3 Å². The van der Waals surface area contributed by atoms with Gasteiger partial charge in [-0.25, -0.2) is 9.79 Å². The van der Waals surface area contributed by atoms with Crippen molar-refractivity contribution in [3.8, 4) is 5.75 Å². The molecule has 2 heterocycles. The van der Waals surface area contributed by atoms with Crippen molar-refractivity contribution in [2.24, 2.45) is 4.99 Å². The Morgan fingerprint density at radius 1 is 1.18 bits per heavy atom. The van der Waals surface area contributed by atoms with Gasteiger partial charge in [-0.15, -0.1) is 0 Å². The highest BCUT2D eigenvalue weighted by molar-refractivity contribution is 8.16. The number of hydrogen-bond donors (Lipinski definition) is 1. The van der Waals surface area contributed by atoms with Gasteiger partial charge in [-0.1, -0.05) is 47.1 Å². The summed E-state index contributed by atoms with van der Waals surface area (Å²) in [7, 11) is 0. The van der Waals surface area contributed by atoms with E-state index in [1.807, 2.05) is 53.8 Å². The number of nitrogens with one attached hydrogen (secondary N) is 1. The largest absolute Gasteiger partial charge is 0.482 e. The van der Waals surface area contributed by atoms with Crippen molar-refractivity contribution in [2.75, 3.05) is 18.5 Å². The second-order valence-corrected chi connectivity index (χ2v) is 9.00. The first-order chi connectivity index (χ1) is 16.4. The highest BCUT2D eigenvalue weighted by Gasteiger charge is 2.37. The molecule has 0 radical (unpaired) electrons. The van der Waals surface area contributed by atoms with Gasteiger partial charge in [-0.2, -0.15) is 0 Å². The number of nitrogens with zero attached hydrogens (tertiary/aromatic N) is 2. The average Bonchev–Trinajstić information content (AvgIpc) is 3.27. The first-order valence-electron chi connectivity index (χ1n) is 10.7. The van der Waals surface area contributed by atoms with Crippen LogP contribution in [-0.2, 0) is 14.3 Å². The van der Waals surface area contributed by atoms with Gasteiger partial charge < -0.3 is 19.7 Å². The monoisotopic (exact) mass is 497 g/mol. The lowest BCUT2D eigenvalue weighted by Gasteiger charge is -2.33. The number of rotatable bonds is 7. The number of carbonyl (C=O) groups is 2. The summed E-state index contributed by atoms with van der Waals surface area (Å²) >= 11 is 8.00. The summed E-state index contributed by atoms with van der Waals surface area (Å²) < 4.78 is 11.0. The predicted octanol–water partition coefficient (Wildman–Crippen LogP) is 5.43. The summed E-state index contributed by atoms with van der Waals surface area (Å²) in [4.78, 5) is 31.5. The van der Waals surface area contributed by atoms with Gasteiger partial charge in [-0.3, -0.25) is 4.79 Å². The molecule has 2 aliphatic heterocycles. The highest BCUT2D eigenvalue weighted by Crippen LogP contribution is 2.42. The molecule has 176 valence electrons. The number of esters is 1. The van der Waals surface area contributed by atoms with Crippen molar-refractivity contribution in [3.63, 3.8) is 0 Å². The minimum atomic E-state index is -0.436. The number of carbonyl (C=O) groups excluding carboxylic acids is 2. The minimum absolute atomic E-state index is 0.189. The molecule has 1 atom stereocenters. The number of amidine groups is 1. The maximum absolute atomic E-state index is 12.8. The third kappa shape index (κ3) is 5.13. The second kappa shape index (κ2) is 10.4. The molecule has 0 saturated heterocycles. The summed E-state index contributed by atoms with van der Waals surface area (Å²) in [5.74, 6) is -0.333. The van der Waals surface area contributed by atoms with E-state index in [9.17, 15) is 9.59 Å². The summed E-state index contributed by atoms with van der Waals surface area (Å²) in [5, 5.41) is 5.82. The maximum Gasteiger partial charge on any atom is 0.338 e. The number of aryl methyl sites for hydroxylation is 1. The molecule has 0 saturated carbocycles. The lowest BCUT2D eigenvalue weighted by atomic mass is 9.95. The molecule has 0 aliphatic carbocycles. The van der Waals surface area contributed by atoms with Crippen LogP contribution in [0.15, 0.2) is 70.3 Å². The van der Waals surface area contributed by atoms with E-state index < -0.39 is 12.0 Å². The summed E-state index contributed by atoms with van der Waals surface area (Å²) in [6.07, 6.45) is 1.88. The zero-order chi connectivity index (χ0) is 24.2. The van der Waals surface area contributed by atoms with Crippen LogP contribution < -0.4 is 10.1 Å². The fourth-order valence-corrected chi connectivity index (χ4v) is 4.71.